The summed E-state index contributed by atoms with van der Waals surface area (Å²) in [6, 6.07) is 6.60. The number of rotatable bonds is 3. The van der Waals surface area contributed by atoms with E-state index in [0.29, 0.717) is 18.5 Å². The second-order valence-corrected chi connectivity index (χ2v) is 7.16. The molecule has 0 aromatic heterocycles. The van der Waals surface area contributed by atoms with Gasteiger partial charge >= 0.3 is 11.9 Å². The van der Waals surface area contributed by atoms with Gasteiger partial charge in [0, 0.05) is 5.41 Å². The Balaban J connectivity index is 1.95. The fourth-order valence-corrected chi connectivity index (χ4v) is 3.85. The zero-order chi connectivity index (χ0) is 17.8. The Morgan fingerprint density at radius 3 is 2.38 bits per heavy atom. The van der Waals surface area contributed by atoms with Gasteiger partial charge in [-0.3, -0.25) is 9.59 Å². The highest BCUT2D eigenvalue weighted by Gasteiger charge is 2.75. The Kier molecular flexibility index (Phi) is 3.48. The van der Waals surface area contributed by atoms with E-state index in [1.165, 1.54) is 7.11 Å². The van der Waals surface area contributed by atoms with E-state index < -0.39 is 28.3 Å². The molecule has 1 aliphatic heterocycles. The quantitative estimate of drug-likeness (QED) is 0.861. The minimum atomic E-state index is -1.22. The number of fused-ring (bicyclic) bond motifs is 2. The highest BCUT2D eigenvalue weighted by molar-refractivity contribution is 6.06. The molecule has 6 nitrogen and oxygen atoms in total. The first-order chi connectivity index (χ1) is 11.2. The number of amides is 1. The minimum Gasteiger partial charge on any atom is -0.465 e. The summed E-state index contributed by atoms with van der Waals surface area (Å²) >= 11 is 0. The summed E-state index contributed by atoms with van der Waals surface area (Å²) in [7, 11) is 1.28. The summed E-state index contributed by atoms with van der Waals surface area (Å²) in [5.41, 5.74) is -1.93. The van der Waals surface area contributed by atoms with Gasteiger partial charge in [0.05, 0.1) is 23.8 Å². The van der Waals surface area contributed by atoms with Crippen molar-refractivity contribution in [1.82, 2.24) is 0 Å². The molecule has 2 atom stereocenters. The largest absolute Gasteiger partial charge is 0.465 e. The first-order valence-corrected chi connectivity index (χ1v) is 7.92. The lowest BCUT2D eigenvalue weighted by molar-refractivity contribution is -0.165. The van der Waals surface area contributed by atoms with Crippen LogP contribution in [-0.2, 0) is 19.1 Å². The Morgan fingerprint density at radius 1 is 1.17 bits per heavy atom. The topological polar surface area (TPSA) is 81.7 Å². The molecule has 0 radical (unpaired) electrons. The molecule has 2 aliphatic rings. The van der Waals surface area contributed by atoms with Crippen LogP contribution in [0.5, 0.6) is 0 Å². The van der Waals surface area contributed by atoms with E-state index in [1.54, 1.807) is 24.3 Å². The van der Waals surface area contributed by atoms with Crippen molar-refractivity contribution in [3.05, 3.63) is 29.8 Å². The lowest BCUT2D eigenvalue weighted by atomic mass is 9.66. The van der Waals surface area contributed by atoms with Gasteiger partial charge in [-0.25, -0.2) is 4.79 Å². The molecule has 1 aliphatic carbocycles. The molecule has 1 saturated heterocycles. The van der Waals surface area contributed by atoms with Gasteiger partial charge in [-0.2, -0.15) is 0 Å². The highest BCUT2D eigenvalue weighted by Crippen LogP contribution is 2.65. The Bertz CT molecular complexity index is 741. The number of hydrogen-bond donors (Lipinski definition) is 1. The number of benzene rings is 1. The molecule has 24 heavy (non-hydrogen) atoms. The molecule has 6 heteroatoms. The van der Waals surface area contributed by atoms with Gasteiger partial charge in [-0.05, 0) is 31.9 Å². The van der Waals surface area contributed by atoms with Crippen molar-refractivity contribution >= 4 is 23.5 Å². The van der Waals surface area contributed by atoms with Crippen LogP contribution < -0.4 is 5.32 Å². The van der Waals surface area contributed by atoms with E-state index in [4.69, 9.17) is 9.47 Å². The molecule has 0 unspecified atom stereocenters. The lowest BCUT2D eigenvalue weighted by Gasteiger charge is -2.35. The summed E-state index contributed by atoms with van der Waals surface area (Å²) in [6.07, 6.45) is 1.07. The van der Waals surface area contributed by atoms with Crippen molar-refractivity contribution in [2.75, 3.05) is 12.4 Å². The zero-order valence-electron chi connectivity index (χ0n) is 14.3. The maximum absolute atomic E-state index is 13.0. The van der Waals surface area contributed by atoms with Gasteiger partial charge < -0.3 is 14.8 Å². The number of hydrogen-bond acceptors (Lipinski definition) is 5. The average molecular weight is 331 g/mol. The third-order valence-corrected chi connectivity index (χ3v) is 6.03. The van der Waals surface area contributed by atoms with Crippen molar-refractivity contribution < 1.29 is 23.9 Å². The van der Waals surface area contributed by atoms with Crippen LogP contribution in [0.1, 0.15) is 44.0 Å². The summed E-state index contributed by atoms with van der Waals surface area (Å²) in [5, 5.41) is 2.76. The fraction of sp³-hybridized carbons (Fsp3) is 0.500. The maximum atomic E-state index is 13.0. The highest BCUT2D eigenvalue weighted by atomic mass is 16.6. The van der Waals surface area contributed by atoms with Gasteiger partial charge in [0.1, 0.15) is 0 Å². The van der Waals surface area contributed by atoms with E-state index in [2.05, 4.69) is 5.32 Å². The van der Waals surface area contributed by atoms with Crippen molar-refractivity contribution in [3.8, 4) is 0 Å². The number of anilines is 1. The van der Waals surface area contributed by atoms with Crippen LogP contribution in [0.4, 0.5) is 5.69 Å². The first kappa shape index (κ1) is 16.5. The van der Waals surface area contributed by atoms with Crippen molar-refractivity contribution in [3.63, 3.8) is 0 Å². The van der Waals surface area contributed by atoms with Gasteiger partial charge in [0.2, 0.25) is 0 Å². The number of methoxy groups -OCH3 is 1. The number of esters is 2. The number of carbonyl (C=O) groups is 3. The van der Waals surface area contributed by atoms with E-state index in [1.807, 2.05) is 20.8 Å². The van der Waals surface area contributed by atoms with Crippen molar-refractivity contribution in [1.29, 1.82) is 0 Å². The second kappa shape index (κ2) is 5.06. The van der Waals surface area contributed by atoms with Crippen LogP contribution in [0.15, 0.2) is 24.3 Å². The van der Waals surface area contributed by atoms with Crippen LogP contribution in [0.2, 0.25) is 0 Å². The molecule has 0 spiro atoms. The van der Waals surface area contributed by atoms with E-state index in [-0.39, 0.29) is 11.5 Å². The van der Waals surface area contributed by atoms with Crippen LogP contribution in [0.3, 0.4) is 0 Å². The molecule has 1 aromatic carbocycles. The molecule has 1 saturated carbocycles. The van der Waals surface area contributed by atoms with Crippen LogP contribution in [-0.4, -0.2) is 30.6 Å². The van der Waals surface area contributed by atoms with Gasteiger partial charge in [-0.15, -0.1) is 0 Å². The lowest BCUT2D eigenvalue weighted by Crippen LogP contribution is -2.50. The number of ether oxygens (including phenoxy) is 2. The predicted molar refractivity (Wildman–Crippen MR) is 86.4 cm³/mol. The zero-order valence-corrected chi connectivity index (χ0v) is 14.3. The molecule has 2 bridgehead atoms. The second-order valence-electron chi connectivity index (χ2n) is 7.16. The SMILES string of the molecule is COC(=O)c1ccccc1NC(=O)[C@]12CC[C@](C)(C(=O)O1)C2(C)C. The van der Waals surface area contributed by atoms with E-state index in [0.717, 1.165) is 0 Å². The van der Waals surface area contributed by atoms with Crippen LogP contribution in [0.25, 0.3) is 0 Å². The molecule has 1 N–H and O–H groups in total. The molecule has 2 fully saturated rings. The van der Waals surface area contributed by atoms with Crippen LogP contribution >= 0.6 is 0 Å². The molecule has 3 rings (SSSR count). The summed E-state index contributed by atoms with van der Waals surface area (Å²) in [4.78, 5) is 37.2. The summed E-state index contributed by atoms with van der Waals surface area (Å²) < 4.78 is 10.3. The van der Waals surface area contributed by atoms with E-state index >= 15 is 0 Å². The third-order valence-electron chi connectivity index (χ3n) is 6.03. The third kappa shape index (κ3) is 1.85. The Morgan fingerprint density at radius 2 is 1.83 bits per heavy atom. The summed E-state index contributed by atoms with van der Waals surface area (Å²) in [5.74, 6) is -1.28. The van der Waals surface area contributed by atoms with Crippen LogP contribution in [0, 0.1) is 10.8 Å². The first-order valence-electron chi connectivity index (χ1n) is 7.92. The molecular formula is C18H21NO5. The van der Waals surface area contributed by atoms with Gasteiger partial charge in [-0.1, -0.05) is 26.0 Å². The molecule has 1 amide bonds. The van der Waals surface area contributed by atoms with E-state index in [9.17, 15) is 14.4 Å². The van der Waals surface area contributed by atoms with Crippen molar-refractivity contribution in [2.45, 2.75) is 39.2 Å². The normalized spacial score (nSPS) is 29.9. The maximum Gasteiger partial charge on any atom is 0.339 e. The van der Waals surface area contributed by atoms with Crippen molar-refractivity contribution in [2.24, 2.45) is 10.8 Å². The minimum absolute atomic E-state index is 0.257. The monoisotopic (exact) mass is 331 g/mol. The number of carbonyl (C=O) groups excluding carboxylic acids is 3. The average Bonchev–Trinajstić information content (AvgIpc) is 2.85. The molecule has 128 valence electrons. The molecular weight excluding hydrogens is 310 g/mol. The fourth-order valence-electron chi connectivity index (χ4n) is 3.85. The Hall–Kier alpha value is -2.37. The standard InChI is InChI=1S/C18H21NO5/c1-16(2)17(3)9-10-18(16,24-15(17)22)14(21)19-12-8-6-5-7-11(12)13(20)23-4/h5-8H,9-10H2,1-4H3,(H,19,21)/t17-,18+/m1/s1. The number of para-hydroxylation sites is 1. The number of nitrogens with one attached hydrogen (secondary N) is 1. The summed E-state index contributed by atoms with van der Waals surface area (Å²) in [6.45, 7) is 5.62. The van der Waals surface area contributed by atoms with Gasteiger partial charge in [0.25, 0.3) is 5.91 Å². The predicted octanol–water partition coefficient (Wildman–Crippen LogP) is 2.53. The van der Waals surface area contributed by atoms with Gasteiger partial charge in [0.15, 0.2) is 5.60 Å². The smallest absolute Gasteiger partial charge is 0.339 e. The molecule has 1 aromatic rings. The Labute approximate surface area is 140 Å². The molecule has 1 heterocycles.